The highest BCUT2D eigenvalue weighted by atomic mass is 32.2. The van der Waals surface area contributed by atoms with E-state index in [1.807, 2.05) is 42.2 Å². The van der Waals surface area contributed by atoms with Crippen LogP contribution in [0.15, 0.2) is 30.3 Å². The Kier molecular flexibility index (Phi) is 5.36. The Hall–Kier alpha value is -1.40. The maximum absolute atomic E-state index is 12.3. The predicted molar refractivity (Wildman–Crippen MR) is 82.6 cm³/mol. The fourth-order valence-electron chi connectivity index (χ4n) is 2.38. The molecule has 1 amide bonds. The summed E-state index contributed by atoms with van der Waals surface area (Å²) in [5, 5.41) is 0. The predicted octanol–water partition coefficient (Wildman–Crippen LogP) is 0.766. The first-order valence-electron chi connectivity index (χ1n) is 7.24. The normalized spacial score (nSPS) is 18.3. The summed E-state index contributed by atoms with van der Waals surface area (Å²) in [5.41, 5.74) is 1.11. The topological polar surface area (TPSA) is 57.7 Å². The second-order valence-corrected chi connectivity index (χ2v) is 7.63. The summed E-state index contributed by atoms with van der Waals surface area (Å²) in [7, 11) is -2.89. The zero-order valence-electron chi connectivity index (χ0n) is 12.4. The third-order valence-corrected chi connectivity index (χ3v) is 5.36. The molecule has 116 valence electrons. The van der Waals surface area contributed by atoms with Crippen LogP contribution in [0.25, 0.3) is 0 Å². The van der Waals surface area contributed by atoms with Gasteiger partial charge in [0.1, 0.15) is 0 Å². The number of hydrogen-bond acceptors (Lipinski definition) is 4. The van der Waals surface area contributed by atoms with E-state index in [4.69, 9.17) is 0 Å². The summed E-state index contributed by atoms with van der Waals surface area (Å²) in [5.74, 6) is 0.372. The molecule has 1 aromatic carbocycles. The molecule has 0 unspecified atom stereocenters. The van der Waals surface area contributed by atoms with Crippen molar-refractivity contribution in [1.29, 1.82) is 0 Å². The summed E-state index contributed by atoms with van der Waals surface area (Å²) in [6.07, 6.45) is 0. The van der Waals surface area contributed by atoms with Gasteiger partial charge in [0.2, 0.25) is 5.91 Å². The van der Waals surface area contributed by atoms with Crippen molar-refractivity contribution < 1.29 is 13.2 Å². The molecule has 1 aliphatic rings. The molecule has 0 radical (unpaired) electrons. The Labute approximate surface area is 126 Å². The molecule has 0 atom stereocenters. The van der Waals surface area contributed by atoms with Crippen LogP contribution in [0, 0.1) is 0 Å². The van der Waals surface area contributed by atoms with E-state index >= 15 is 0 Å². The van der Waals surface area contributed by atoms with Gasteiger partial charge in [0, 0.05) is 26.2 Å². The maximum atomic E-state index is 12.3. The smallest absolute Gasteiger partial charge is 0.237 e. The Morgan fingerprint density at radius 1 is 1.19 bits per heavy atom. The Balaban J connectivity index is 1.89. The summed E-state index contributed by atoms with van der Waals surface area (Å²) in [4.78, 5) is 16.1. The van der Waals surface area contributed by atoms with Crippen LogP contribution in [0.1, 0.15) is 12.5 Å². The van der Waals surface area contributed by atoms with Gasteiger partial charge >= 0.3 is 0 Å². The number of hydrogen-bond donors (Lipinski definition) is 0. The van der Waals surface area contributed by atoms with E-state index in [9.17, 15) is 13.2 Å². The average Bonchev–Trinajstić information content (AvgIpc) is 2.48. The van der Waals surface area contributed by atoms with E-state index in [1.165, 1.54) is 0 Å². The fourth-order valence-corrected chi connectivity index (χ4v) is 3.66. The van der Waals surface area contributed by atoms with Crippen LogP contribution in [0.4, 0.5) is 0 Å². The molecule has 0 bridgehead atoms. The van der Waals surface area contributed by atoms with E-state index in [2.05, 4.69) is 0 Å². The third kappa shape index (κ3) is 4.82. The number of nitrogens with zero attached hydrogens (tertiary/aromatic N) is 2. The van der Waals surface area contributed by atoms with Crippen LogP contribution < -0.4 is 0 Å². The lowest BCUT2D eigenvalue weighted by molar-refractivity contribution is -0.132. The van der Waals surface area contributed by atoms with Crippen molar-refractivity contribution in [3.63, 3.8) is 0 Å². The molecule has 0 aromatic heterocycles. The standard InChI is InChI=1S/C15H22N2O3S/c1-2-17(12-14-6-4-3-5-7-14)15(18)13-16-8-10-21(19,20)11-9-16/h3-7H,2,8-13H2,1H3. The van der Waals surface area contributed by atoms with Gasteiger partial charge in [-0.2, -0.15) is 0 Å². The Morgan fingerprint density at radius 3 is 2.38 bits per heavy atom. The molecule has 6 heteroatoms. The van der Waals surface area contributed by atoms with Gasteiger partial charge in [-0.05, 0) is 12.5 Å². The molecule has 2 rings (SSSR count). The number of sulfone groups is 1. The van der Waals surface area contributed by atoms with Crippen LogP contribution in [0.3, 0.4) is 0 Å². The van der Waals surface area contributed by atoms with E-state index in [-0.39, 0.29) is 17.4 Å². The van der Waals surface area contributed by atoms with E-state index in [0.717, 1.165) is 5.56 Å². The minimum absolute atomic E-state index is 0.0562. The van der Waals surface area contributed by atoms with Crippen molar-refractivity contribution in [2.45, 2.75) is 13.5 Å². The van der Waals surface area contributed by atoms with Crippen LogP contribution in [-0.2, 0) is 21.2 Å². The molecule has 1 fully saturated rings. The van der Waals surface area contributed by atoms with E-state index in [0.29, 0.717) is 32.7 Å². The molecule has 0 spiro atoms. The van der Waals surface area contributed by atoms with Gasteiger partial charge in [-0.1, -0.05) is 30.3 Å². The zero-order valence-corrected chi connectivity index (χ0v) is 13.2. The molecule has 1 saturated heterocycles. The van der Waals surface area contributed by atoms with Gasteiger partial charge in [0.15, 0.2) is 9.84 Å². The first-order chi connectivity index (χ1) is 10.00. The van der Waals surface area contributed by atoms with Crippen LogP contribution in [0.5, 0.6) is 0 Å². The number of benzene rings is 1. The first kappa shape index (κ1) is 16.0. The number of carbonyl (C=O) groups excluding carboxylic acids is 1. The molecule has 0 N–H and O–H groups in total. The highest BCUT2D eigenvalue weighted by Crippen LogP contribution is 2.07. The van der Waals surface area contributed by atoms with Gasteiger partial charge in [-0.25, -0.2) is 8.42 Å². The Bertz CT molecular complexity index is 558. The molecule has 1 heterocycles. The van der Waals surface area contributed by atoms with Crippen molar-refractivity contribution >= 4 is 15.7 Å². The third-order valence-electron chi connectivity index (χ3n) is 3.75. The summed E-state index contributed by atoms with van der Waals surface area (Å²) >= 11 is 0. The van der Waals surface area contributed by atoms with Gasteiger partial charge in [-0.15, -0.1) is 0 Å². The molecule has 0 aliphatic carbocycles. The highest BCUT2D eigenvalue weighted by molar-refractivity contribution is 7.91. The average molecular weight is 310 g/mol. The highest BCUT2D eigenvalue weighted by Gasteiger charge is 2.24. The number of amides is 1. The molecular weight excluding hydrogens is 288 g/mol. The fraction of sp³-hybridized carbons (Fsp3) is 0.533. The monoisotopic (exact) mass is 310 g/mol. The molecular formula is C15H22N2O3S. The largest absolute Gasteiger partial charge is 0.338 e. The zero-order chi connectivity index (χ0) is 15.3. The number of likely N-dealkylation sites (N-methyl/N-ethyl adjacent to an activating group) is 1. The van der Waals surface area contributed by atoms with Gasteiger partial charge < -0.3 is 4.90 Å². The summed E-state index contributed by atoms with van der Waals surface area (Å²) < 4.78 is 22.8. The van der Waals surface area contributed by atoms with Gasteiger partial charge in [0.25, 0.3) is 0 Å². The van der Waals surface area contributed by atoms with Crippen molar-refractivity contribution in [3.8, 4) is 0 Å². The maximum Gasteiger partial charge on any atom is 0.237 e. The van der Waals surface area contributed by atoms with Crippen molar-refractivity contribution in [1.82, 2.24) is 9.80 Å². The minimum atomic E-state index is -2.89. The summed E-state index contributed by atoms with van der Waals surface area (Å²) in [6.45, 7) is 4.42. The number of carbonyl (C=O) groups is 1. The van der Waals surface area contributed by atoms with Gasteiger partial charge in [0.05, 0.1) is 18.1 Å². The van der Waals surface area contributed by atoms with Crippen molar-refractivity contribution in [2.24, 2.45) is 0 Å². The quantitative estimate of drug-likeness (QED) is 0.806. The SMILES string of the molecule is CCN(Cc1ccccc1)C(=O)CN1CCS(=O)(=O)CC1. The molecule has 21 heavy (non-hydrogen) atoms. The first-order valence-corrected chi connectivity index (χ1v) is 9.07. The van der Waals surface area contributed by atoms with E-state index < -0.39 is 9.84 Å². The lowest BCUT2D eigenvalue weighted by Crippen LogP contribution is -2.46. The van der Waals surface area contributed by atoms with Gasteiger partial charge in [-0.3, -0.25) is 9.69 Å². The van der Waals surface area contributed by atoms with Crippen LogP contribution in [0.2, 0.25) is 0 Å². The minimum Gasteiger partial charge on any atom is -0.338 e. The molecule has 5 nitrogen and oxygen atoms in total. The second kappa shape index (κ2) is 7.04. The lowest BCUT2D eigenvalue weighted by atomic mass is 10.2. The van der Waals surface area contributed by atoms with Crippen LogP contribution in [-0.4, -0.2) is 61.8 Å². The lowest BCUT2D eigenvalue weighted by Gasteiger charge is -2.29. The summed E-state index contributed by atoms with van der Waals surface area (Å²) in [6, 6.07) is 9.88. The molecule has 0 saturated carbocycles. The number of rotatable bonds is 5. The molecule has 1 aromatic rings. The Morgan fingerprint density at radius 2 is 1.81 bits per heavy atom. The van der Waals surface area contributed by atoms with Crippen molar-refractivity contribution in [2.75, 3.05) is 37.7 Å². The van der Waals surface area contributed by atoms with E-state index in [1.54, 1.807) is 4.90 Å². The second-order valence-electron chi connectivity index (χ2n) is 5.32. The van der Waals surface area contributed by atoms with Crippen LogP contribution >= 0.6 is 0 Å². The van der Waals surface area contributed by atoms with Crippen molar-refractivity contribution in [3.05, 3.63) is 35.9 Å². The molecule has 1 aliphatic heterocycles.